The summed E-state index contributed by atoms with van der Waals surface area (Å²) < 4.78 is 31.4. The smallest absolute Gasteiger partial charge is 0.272 e. The van der Waals surface area contributed by atoms with Crippen LogP contribution in [0.5, 0.6) is 5.75 Å². The summed E-state index contributed by atoms with van der Waals surface area (Å²) in [6.07, 6.45) is 2.62. The van der Waals surface area contributed by atoms with Crippen LogP contribution < -0.4 is 20.1 Å². The van der Waals surface area contributed by atoms with Crippen LogP contribution in [0.1, 0.15) is 23.0 Å². The molecule has 0 atom stereocenters. The van der Waals surface area contributed by atoms with E-state index in [9.17, 15) is 18.0 Å². The highest BCUT2D eigenvalue weighted by Crippen LogP contribution is 2.28. The molecule has 3 heterocycles. The third-order valence-corrected chi connectivity index (χ3v) is 5.74. The highest BCUT2D eigenvalue weighted by atomic mass is 32.2. The van der Waals surface area contributed by atoms with E-state index < -0.39 is 15.9 Å². The number of carbonyl (C=O) groups is 2. The zero-order valence-electron chi connectivity index (χ0n) is 15.9. The molecule has 30 heavy (non-hydrogen) atoms. The van der Waals surface area contributed by atoms with Gasteiger partial charge in [0.1, 0.15) is 17.6 Å². The van der Waals surface area contributed by atoms with Crippen molar-refractivity contribution in [2.24, 2.45) is 0 Å². The van der Waals surface area contributed by atoms with Crippen LogP contribution in [0.15, 0.2) is 30.7 Å². The number of rotatable bonds is 6. The number of nitrogens with one attached hydrogen (secondary N) is 4. The second-order valence-electron chi connectivity index (χ2n) is 6.50. The van der Waals surface area contributed by atoms with E-state index in [0.29, 0.717) is 22.5 Å². The van der Waals surface area contributed by atoms with Crippen LogP contribution in [-0.2, 0) is 21.4 Å². The quantitative estimate of drug-likeness (QED) is 0.454. The molecule has 156 valence electrons. The standard InChI is InChI=1S/C18H18N6O5S/c1-2-30(27,28)24-12-7-19-16-15(12)21-9-22-17(16)18(26)20-6-10-3-4-13-11(5-10)23-14(25)8-29-13/h3-5,7,9,19,24H,2,6,8H2,1H3,(H,20,26)(H,23,25). The van der Waals surface area contributed by atoms with E-state index >= 15 is 0 Å². The summed E-state index contributed by atoms with van der Waals surface area (Å²) in [7, 11) is -3.50. The topological polar surface area (TPSA) is 155 Å². The predicted octanol–water partition coefficient (Wildman–Crippen LogP) is 0.980. The fraction of sp³-hybridized carbons (Fsp3) is 0.222. The number of nitrogens with zero attached hydrogens (tertiary/aromatic N) is 2. The van der Waals surface area contributed by atoms with Gasteiger partial charge in [0.05, 0.1) is 22.6 Å². The van der Waals surface area contributed by atoms with E-state index in [-0.39, 0.29) is 36.2 Å². The lowest BCUT2D eigenvalue weighted by Crippen LogP contribution is -2.26. The van der Waals surface area contributed by atoms with Crippen molar-refractivity contribution >= 4 is 44.2 Å². The Bertz CT molecular complexity index is 1250. The molecule has 4 rings (SSSR count). The van der Waals surface area contributed by atoms with Gasteiger partial charge in [-0.1, -0.05) is 6.07 Å². The lowest BCUT2D eigenvalue weighted by Gasteiger charge is -2.18. The summed E-state index contributed by atoms with van der Waals surface area (Å²) in [4.78, 5) is 35.1. The van der Waals surface area contributed by atoms with Gasteiger partial charge < -0.3 is 20.4 Å². The van der Waals surface area contributed by atoms with Gasteiger partial charge in [-0.3, -0.25) is 14.3 Å². The average molecular weight is 430 g/mol. The SMILES string of the molecule is CCS(=O)(=O)Nc1c[nH]c2c(C(=O)NCc3ccc4c(c3)NC(=O)CO4)ncnc12. The average Bonchev–Trinajstić information content (AvgIpc) is 3.14. The third-order valence-electron chi connectivity index (χ3n) is 4.45. The number of anilines is 2. The summed E-state index contributed by atoms with van der Waals surface area (Å²) in [6.45, 7) is 1.67. The number of sulfonamides is 1. The van der Waals surface area contributed by atoms with Crippen LogP contribution in [0, 0.1) is 0 Å². The minimum absolute atomic E-state index is 0.0284. The van der Waals surface area contributed by atoms with Crippen molar-refractivity contribution in [1.82, 2.24) is 20.3 Å². The molecular formula is C18H18N6O5S. The van der Waals surface area contributed by atoms with Crippen molar-refractivity contribution in [1.29, 1.82) is 0 Å². The van der Waals surface area contributed by atoms with E-state index in [1.54, 1.807) is 18.2 Å². The molecule has 4 N–H and O–H groups in total. The number of aromatic amines is 1. The summed E-state index contributed by atoms with van der Waals surface area (Å²) in [5.74, 6) is -0.235. The number of ether oxygens (including phenoxy) is 1. The van der Waals surface area contributed by atoms with Crippen molar-refractivity contribution in [3.8, 4) is 5.75 Å². The van der Waals surface area contributed by atoms with Gasteiger partial charge in [0, 0.05) is 12.7 Å². The Morgan fingerprint density at radius 1 is 1.30 bits per heavy atom. The molecular weight excluding hydrogens is 412 g/mol. The van der Waals surface area contributed by atoms with Gasteiger partial charge in [0.2, 0.25) is 10.0 Å². The maximum Gasteiger partial charge on any atom is 0.272 e. The summed E-state index contributed by atoms with van der Waals surface area (Å²) >= 11 is 0. The number of hydrogen-bond donors (Lipinski definition) is 4. The number of amides is 2. The molecule has 1 aliphatic rings. The van der Waals surface area contributed by atoms with Gasteiger partial charge in [-0.05, 0) is 24.6 Å². The number of fused-ring (bicyclic) bond motifs is 2. The maximum absolute atomic E-state index is 12.7. The van der Waals surface area contributed by atoms with Gasteiger partial charge >= 0.3 is 0 Å². The molecule has 2 aromatic heterocycles. The van der Waals surface area contributed by atoms with Gasteiger partial charge in [-0.15, -0.1) is 0 Å². The molecule has 0 bridgehead atoms. The van der Waals surface area contributed by atoms with Crippen molar-refractivity contribution in [2.75, 3.05) is 22.4 Å². The molecule has 12 heteroatoms. The Kier molecular flexibility index (Phi) is 4.99. The Morgan fingerprint density at radius 3 is 2.93 bits per heavy atom. The third kappa shape index (κ3) is 3.89. The van der Waals surface area contributed by atoms with Gasteiger partial charge in [-0.25, -0.2) is 18.4 Å². The zero-order chi connectivity index (χ0) is 21.3. The Labute approximate surface area is 171 Å². The lowest BCUT2D eigenvalue weighted by molar-refractivity contribution is -0.118. The number of hydrogen-bond acceptors (Lipinski definition) is 7. The molecule has 3 aromatic rings. The van der Waals surface area contributed by atoms with Gasteiger partial charge in [-0.2, -0.15) is 0 Å². The molecule has 1 aliphatic heterocycles. The Balaban J connectivity index is 1.52. The summed E-state index contributed by atoms with van der Waals surface area (Å²) in [5.41, 5.74) is 2.22. The van der Waals surface area contributed by atoms with E-state index in [0.717, 1.165) is 5.56 Å². The number of aromatic nitrogens is 3. The fourth-order valence-electron chi connectivity index (χ4n) is 2.94. The number of benzene rings is 1. The second-order valence-corrected chi connectivity index (χ2v) is 8.51. The van der Waals surface area contributed by atoms with E-state index in [1.807, 2.05) is 0 Å². The van der Waals surface area contributed by atoms with Crippen LogP contribution in [0.3, 0.4) is 0 Å². The molecule has 0 aliphatic carbocycles. The van der Waals surface area contributed by atoms with Gasteiger partial charge in [0.15, 0.2) is 12.3 Å². The highest BCUT2D eigenvalue weighted by Gasteiger charge is 2.19. The van der Waals surface area contributed by atoms with Crippen molar-refractivity contribution < 1.29 is 22.7 Å². The molecule has 0 saturated heterocycles. The summed E-state index contributed by atoms with van der Waals surface area (Å²) in [6, 6.07) is 5.21. The number of carbonyl (C=O) groups excluding carboxylic acids is 2. The normalized spacial score (nSPS) is 13.3. The molecule has 11 nitrogen and oxygen atoms in total. The van der Waals surface area contributed by atoms with E-state index in [1.165, 1.54) is 19.4 Å². The van der Waals surface area contributed by atoms with Crippen molar-refractivity contribution in [2.45, 2.75) is 13.5 Å². The fourth-order valence-corrected chi connectivity index (χ4v) is 3.57. The van der Waals surface area contributed by atoms with Crippen molar-refractivity contribution in [3.05, 3.63) is 42.0 Å². The zero-order valence-corrected chi connectivity index (χ0v) is 16.7. The first-order valence-corrected chi connectivity index (χ1v) is 10.7. The minimum Gasteiger partial charge on any atom is -0.482 e. The lowest BCUT2D eigenvalue weighted by atomic mass is 10.1. The molecule has 2 amide bonds. The first-order valence-electron chi connectivity index (χ1n) is 9.02. The van der Waals surface area contributed by atoms with Crippen LogP contribution in [0.2, 0.25) is 0 Å². The van der Waals surface area contributed by atoms with Crippen LogP contribution in [0.4, 0.5) is 11.4 Å². The van der Waals surface area contributed by atoms with E-state index in [4.69, 9.17) is 4.74 Å². The largest absolute Gasteiger partial charge is 0.482 e. The predicted molar refractivity (Wildman–Crippen MR) is 109 cm³/mol. The first kappa shape index (κ1) is 19.6. The monoisotopic (exact) mass is 430 g/mol. The Hall–Kier alpha value is -3.67. The van der Waals surface area contributed by atoms with Crippen LogP contribution in [-0.4, -0.2) is 47.5 Å². The maximum atomic E-state index is 12.7. The van der Waals surface area contributed by atoms with E-state index in [2.05, 4.69) is 30.3 Å². The van der Waals surface area contributed by atoms with Gasteiger partial charge in [0.25, 0.3) is 11.8 Å². The van der Waals surface area contributed by atoms with Crippen molar-refractivity contribution in [3.63, 3.8) is 0 Å². The molecule has 0 saturated carbocycles. The minimum atomic E-state index is -3.50. The van der Waals surface area contributed by atoms with Crippen LogP contribution >= 0.6 is 0 Å². The summed E-state index contributed by atoms with van der Waals surface area (Å²) in [5, 5.41) is 5.46. The second kappa shape index (κ2) is 7.63. The Morgan fingerprint density at radius 2 is 2.13 bits per heavy atom. The first-order chi connectivity index (χ1) is 14.4. The molecule has 1 aromatic carbocycles. The van der Waals surface area contributed by atoms with Crippen LogP contribution in [0.25, 0.3) is 11.0 Å². The number of H-pyrrole nitrogens is 1. The molecule has 0 spiro atoms. The molecule has 0 fully saturated rings. The molecule has 0 unspecified atom stereocenters. The highest BCUT2D eigenvalue weighted by molar-refractivity contribution is 7.92. The molecule has 0 radical (unpaired) electrons.